The number of aromatic nitrogens is 2. The first-order valence-corrected chi connectivity index (χ1v) is 10.3. The smallest absolute Gasteiger partial charge is 0.251 e. The lowest BCUT2D eigenvalue weighted by Gasteiger charge is -2.27. The van der Waals surface area contributed by atoms with Crippen LogP contribution in [0.1, 0.15) is 29.1 Å². The Bertz CT molecular complexity index is 1090. The lowest BCUT2D eigenvalue weighted by molar-refractivity contribution is -0.135. The molecule has 1 N–H and O–H groups in total. The number of fused-ring (bicyclic) bond motifs is 1. The maximum atomic E-state index is 12.9. The molecule has 3 aromatic rings. The minimum absolute atomic E-state index is 0.0130. The Morgan fingerprint density at radius 1 is 1.16 bits per heavy atom. The van der Waals surface area contributed by atoms with Gasteiger partial charge in [-0.05, 0) is 37.3 Å². The number of hydrogen-bond acceptors (Lipinski definition) is 5. The second-order valence-electron chi connectivity index (χ2n) is 7.47. The molecule has 0 radical (unpaired) electrons. The van der Waals surface area contributed by atoms with Gasteiger partial charge in [-0.15, -0.1) is 0 Å². The van der Waals surface area contributed by atoms with Crippen molar-refractivity contribution in [3.63, 3.8) is 0 Å². The fraction of sp³-hybridized carbons (Fsp3) is 0.348. The standard InChI is InChI=1S/C23H26N4O4/c1-16(24-23(29)17-6-5-7-18(14-17)30-2)22-25-19-8-3-4-9-20(19)27(22)15-21(28)26-10-12-31-13-11-26/h3-9,14,16H,10-13,15H2,1-2H3,(H,24,29). The Balaban J connectivity index is 1.59. The van der Waals surface area contributed by atoms with Gasteiger partial charge in [0.25, 0.3) is 5.91 Å². The molecule has 2 amide bonds. The van der Waals surface area contributed by atoms with Crippen LogP contribution in [0.5, 0.6) is 5.75 Å². The number of carbonyl (C=O) groups is 2. The summed E-state index contributed by atoms with van der Waals surface area (Å²) in [6.45, 7) is 4.31. The van der Waals surface area contributed by atoms with E-state index < -0.39 is 6.04 Å². The van der Waals surface area contributed by atoms with Gasteiger partial charge in [0.15, 0.2) is 0 Å². The van der Waals surface area contributed by atoms with E-state index in [1.807, 2.05) is 40.7 Å². The summed E-state index contributed by atoms with van der Waals surface area (Å²) in [6, 6.07) is 14.3. The largest absolute Gasteiger partial charge is 0.497 e. The van der Waals surface area contributed by atoms with E-state index in [2.05, 4.69) is 5.32 Å². The zero-order valence-electron chi connectivity index (χ0n) is 17.7. The van der Waals surface area contributed by atoms with Gasteiger partial charge in [0.05, 0.1) is 37.4 Å². The molecule has 0 saturated carbocycles. The van der Waals surface area contributed by atoms with Crippen molar-refractivity contribution in [1.82, 2.24) is 19.8 Å². The molecule has 0 spiro atoms. The quantitative estimate of drug-likeness (QED) is 0.659. The van der Waals surface area contributed by atoms with Crippen LogP contribution < -0.4 is 10.1 Å². The average molecular weight is 422 g/mol. The monoisotopic (exact) mass is 422 g/mol. The number of para-hydroxylation sites is 2. The molecule has 1 aromatic heterocycles. The molecule has 1 fully saturated rings. The van der Waals surface area contributed by atoms with E-state index in [0.717, 1.165) is 11.0 Å². The van der Waals surface area contributed by atoms with Crippen LogP contribution in [0.3, 0.4) is 0 Å². The van der Waals surface area contributed by atoms with E-state index in [0.29, 0.717) is 43.4 Å². The van der Waals surface area contributed by atoms with E-state index in [1.165, 1.54) is 0 Å². The van der Waals surface area contributed by atoms with Crippen molar-refractivity contribution in [2.24, 2.45) is 0 Å². The first-order valence-electron chi connectivity index (χ1n) is 10.3. The van der Waals surface area contributed by atoms with Gasteiger partial charge in [-0.2, -0.15) is 0 Å². The van der Waals surface area contributed by atoms with Crippen molar-refractivity contribution in [3.8, 4) is 5.75 Å². The van der Waals surface area contributed by atoms with Gasteiger partial charge in [-0.3, -0.25) is 9.59 Å². The molecule has 162 valence electrons. The Morgan fingerprint density at radius 3 is 2.71 bits per heavy atom. The minimum atomic E-state index is -0.399. The van der Waals surface area contributed by atoms with Crippen molar-refractivity contribution in [2.75, 3.05) is 33.4 Å². The van der Waals surface area contributed by atoms with Gasteiger partial charge in [0.1, 0.15) is 18.1 Å². The van der Waals surface area contributed by atoms with Gasteiger partial charge >= 0.3 is 0 Å². The molecule has 1 saturated heterocycles. The lowest BCUT2D eigenvalue weighted by Crippen LogP contribution is -2.42. The molecular weight excluding hydrogens is 396 g/mol. The van der Waals surface area contributed by atoms with Crippen molar-refractivity contribution in [3.05, 3.63) is 59.9 Å². The molecule has 4 rings (SSSR count). The predicted molar refractivity (Wildman–Crippen MR) is 116 cm³/mol. The van der Waals surface area contributed by atoms with Gasteiger partial charge < -0.3 is 24.3 Å². The molecule has 8 nitrogen and oxygen atoms in total. The summed E-state index contributed by atoms with van der Waals surface area (Å²) >= 11 is 0. The van der Waals surface area contributed by atoms with Crippen LogP contribution in [-0.2, 0) is 16.1 Å². The molecule has 0 bridgehead atoms. The number of nitrogens with one attached hydrogen (secondary N) is 1. The molecule has 8 heteroatoms. The third-order valence-corrected chi connectivity index (χ3v) is 5.41. The summed E-state index contributed by atoms with van der Waals surface area (Å²) in [7, 11) is 1.56. The number of ether oxygens (including phenoxy) is 2. The van der Waals surface area contributed by atoms with E-state index in [-0.39, 0.29) is 18.4 Å². The van der Waals surface area contributed by atoms with Gasteiger partial charge in [0, 0.05) is 18.7 Å². The topological polar surface area (TPSA) is 85.7 Å². The average Bonchev–Trinajstić information content (AvgIpc) is 3.18. The highest BCUT2D eigenvalue weighted by Crippen LogP contribution is 2.22. The van der Waals surface area contributed by atoms with Crippen LogP contribution in [-0.4, -0.2) is 59.7 Å². The fourth-order valence-corrected chi connectivity index (χ4v) is 3.75. The maximum absolute atomic E-state index is 12.9. The number of hydrogen-bond donors (Lipinski definition) is 1. The highest BCUT2D eigenvalue weighted by molar-refractivity contribution is 5.94. The Hall–Kier alpha value is -3.39. The number of benzene rings is 2. The van der Waals surface area contributed by atoms with E-state index in [1.54, 1.807) is 31.4 Å². The van der Waals surface area contributed by atoms with Crippen molar-refractivity contribution in [1.29, 1.82) is 0 Å². The van der Waals surface area contributed by atoms with Crippen LogP contribution in [0.2, 0.25) is 0 Å². The summed E-state index contributed by atoms with van der Waals surface area (Å²) in [5.74, 6) is 1.03. The SMILES string of the molecule is COc1cccc(C(=O)NC(C)c2nc3ccccc3n2CC(=O)N2CCOCC2)c1. The van der Waals surface area contributed by atoms with Crippen LogP contribution in [0.4, 0.5) is 0 Å². The zero-order chi connectivity index (χ0) is 21.8. The first-order chi connectivity index (χ1) is 15.1. The van der Waals surface area contributed by atoms with Crippen LogP contribution in [0.15, 0.2) is 48.5 Å². The normalized spacial score (nSPS) is 15.0. The number of rotatable bonds is 6. The first kappa shape index (κ1) is 20.9. The van der Waals surface area contributed by atoms with E-state index >= 15 is 0 Å². The Kier molecular flexibility index (Phi) is 6.18. The lowest BCUT2D eigenvalue weighted by atomic mass is 10.2. The summed E-state index contributed by atoms with van der Waals surface area (Å²) < 4.78 is 12.5. The maximum Gasteiger partial charge on any atom is 0.251 e. The Morgan fingerprint density at radius 2 is 1.94 bits per heavy atom. The van der Waals surface area contributed by atoms with Gasteiger partial charge in [-0.1, -0.05) is 18.2 Å². The molecule has 31 heavy (non-hydrogen) atoms. The Labute approximate surface area is 180 Å². The third kappa shape index (κ3) is 4.54. The number of morpholine rings is 1. The minimum Gasteiger partial charge on any atom is -0.497 e. The molecule has 2 aromatic carbocycles. The summed E-state index contributed by atoms with van der Waals surface area (Å²) in [4.78, 5) is 32.2. The van der Waals surface area contributed by atoms with Gasteiger partial charge in [-0.25, -0.2) is 4.98 Å². The molecule has 1 unspecified atom stereocenters. The zero-order valence-corrected chi connectivity index (χ0v) is 17.7. The van der Waals surface area contributed by atoms with Crippen LogP contribution >= 0.6 is 0 Å². The molecule has 1 aliphatic rings. The third-order valence-electron chi connectivity index (χ3n) is 5.41. The molecular formula is C23H26N4O4. The molecule has 1 aliphatic heterocycles. The summed E-state index contributed by atoms with van der Waals surface area (Å²) in [6.07, 6.45) is 0. The van der Waals surface area contributed by atoms with E-state index in [4.69, 9.17) is 14.5 Å². The summed E-state index contributed by atoms with van der Waals surface area (Å²) in [5, 5.41) is 3.00. The second-order valence-corrected chi connectivity index (χ2v) is 7.47. The van der Waals surface area contributed by atoms with Crippen LogP contribution in [0, 0.1) is 0 Å². The number of nitrogens with zero attached hydrogens (tertiary/aromatic N) is 3. The molecule has 1 atom stereocenters. The number of amides is 2. The van der Waals surface area contributed by atoms with Crippen molar-refractivity contribution in [2.45, 2.75) is 19.5 Å². The highest BCUT2D eigenvalue weighted by atomic mass is 16.5. The predicted octanol–water partition coefficient (Wildman–Crippen LogP) is 2.39. The number of carbonyl (C=O) groups excluding carboxylic acids is 2. The molecule has 0 aliphatic carbocycles. The summed E-state index contributed by atoms with van der Waals surface area (Å²) in [5.41, 5.74) is 2.15. The number of imidazole rings is 1. The van der Waals surface area contributed by atoms with E-state index in [9.17, 15) is 9.59 Å². The highest BCUT2D eigenvalue weighted by Gasteiger charge is 2.23. The van der Waals surface area contributed by atoms with Crippen molar-refractivity contribution < 1.29 is 19.1 Å². The van der Waals surface area contributed by atoms with Crippen molar-refractivity contribution >= 4 is 22.8 Å². The number of methoxy groups -OCH3 is 1. The second kappa shape index (κ2) is 9.18. The van der Waals surface area contributed by atoms with Gasteiger partial charge in [0.2, 0.25) is 5.91 Å². The fourth-order valence-electron chi connectivity index (χ4n) is 3.75. The van der Waals surface area contributed by atoms with Crippen LogP contribution in [0.25, 0.3) is 11.0 Å². The molecule has 2 heterocycles.